The van der Waals surface area contributed by atoms with E-state index in [4.69, 9.17) is 5.26 Å². The van der Waals surface area contributed by atoms with Gasteiger partial charge in [-0.3, -0.25) is 4.79 Å². The van der Waals surface area contributed by atoms with E-state index >= 15 is 0 Å². The van der Waals surface area contributed by atoms with E-state index in [9.17, 15) is 4.79 Å². The van der Waals surface area contributed by atoms with E-state index in [1.54, 1.807) is 18.0 Å². The third-order valence-corrected chi connectivity index (χ3v) is 4.08. The fourth-order valence-electron chi connectivity index (χ4n) is 1.36. The second-order valence-electron chi connectivity index (χ2n) is 3.51. The largest absolute Gasteiger partial charge is 0.303 e. The molecule has 0 spiro atoms. The number of thiophene rings is 1. The van der Waals surface area contributed by atoms with Crippen LogP contribution in [0.5, 0.6) is 0 Å². The molecule has 0 aliphatic carbocycles. The predicted octanol–water partition coefficient (Wildman–Crippen LogP) is 3.05. The molecule has 0 unspecified atom stereocenters. The van der Waals surface area contributed by atoms with Gasteiger partial charge in [-0.25, -0.2) is 4.98 Å². The summed E-state index contributed by atoms with van der Waals surface area (Å²) >= 11 is 4.82. The van der Waals surface area contributed by atoms with Crippen LogP contribution in [0.15, 0.2) is 34.2 Å². The Bertz CT molecular complexity index is 615. The molecule has 0 saturated carbocycles. The fourth-order valence-corrected chi connectivity index (χ4v) is 2.74. The van der Waals surface area contributed by atoms with Gasteiger partial charge in [-0.1, -0.05) is 0 Å². The number of aromatic nitrogens is 1. The van der Waals surface area contributed by atoms with Crippen LogP contribution in [0.25, 0.3) is 0 Å². The third-order valence-electron chi connectivity index (χ3n) is 2.31. The number of hydrogen-bond acceptors (Lipinski definition) is 4. The molecule has 2 aromatic rings. The highest BCUT2D eigenvalue weighted by atomic mass is 79.9. The Morgan fingerprint density at radius 3 is 2.83 bits per heavy atom. The van der Waals surface area contributed by atoms with E-state index in [1.807, 2.05) is 17.5 Å². The van der Waals surface area contributed by atoms with Gasteiger partial charge in [0.15, 0.2) is 0 Å². The van der Waals surface area contributed by atoms with Crippen LogP contribution in [0, 0.1) is 11.3 Å². The summed E-state index contributed by atoms with van der Waals surface area (Å²) in [5.74, 6) is -0.152. The van der Waals surface area contributed by atoms with E-state index in [2.05, 4.69) is 20.9 Å². The van der Waals surface area contributed by atoms with Crippen LogP contribution in [0.2, 0.25) is 0 Å². The predicted molar refractivity (Wildman–Crippen MR) is 73.7 cm³/mol. The van der Waals surface area contributed by atoms with Crippen LogP contribution >= 0.6 is 27.3 Å². The molecule has 2 heterocycles. The molecular weight excluding hydrogens is 314 g/mol. The Balaban J connectivity index is 2.23. The number of anilines is 1. The molecule has 6 heteroatoms. The molecule has 2 aromatic heterocycles. The zero-order chi connectivity index (χ0) is 13.1. The van der Waals surface area contributed by atoms with Gasteiger partial charge in [0, 0.05) is 23.1 Å². The molecule has 0 aromatic carbocycles. The van der Waals surface area contributed by atoms with Gasteiger partial charge in [0.1, 0.15) is 11.8 Å². The van der Waals surface area contributed by atoms with Crippen molar-refractivity contribution in [2.24, 2.45) is 0 Å². The number of nitrogens with zero attached hydrogens (tertiary/aromatic N) is 3. The first-order valence-corrected chi connectivity index (χ1v) is 6.67. The number of halogens is 1. The molecule has 90 valence electrons. The molecule has 0 N–H and O–H groups in total. The number of rotatable bonds is 2. The van der Waals surface area contributed by atoms with Crippen LogP contribution < -0.4 is 4.90 Å². The van der Waals surface area contributed by atoms with Gasteiger partial charge < -0.3 is 4.90 Å². The summed E-state index contributed by atoms with van der Waals surface area (Å²) in [5.41, 5.74) is 0.758. The van der Waals surface area contributed by atoms with Gasteiger partial charge in [-0.15, -0.1) is 11.3 Å². The summed E-state index contributed by atoms with van der Waals surface area (Å²) in [6.45, 7) is 0. The molecule has 0 aliphatic rings. The lowest BCUT2D eigenvalue weighted by atomic mass is 10.2. The fraction of sp³-hybridized carbons (Fsp3) is 0.0833. The maximum absolute atomic E-state index is 12.1. The number of carbonyl (C=O) groups is 1. The molecule has 0 atom stereocenters. The number of hydrogen-bond donors (Lipinski definition) is 0. The molecule has 1 amide bonds. The van der Waals surface area contributed by atoms with Crippen molar-refractivity contribution in [2.75, 3.05) is 11.9 Å². The van der Waals surface area contributed by atoms with Gasteiger partial charge in [0.2, 0.25) is 0 Å². The molecule has 0 aliphatic heterocycles. The maximum atomic E-state index is 12.1. The quantitative estimate of drug-likeness (QED) is 0.854. The second kappa shape index (κ2) is 5.29. The molecule has 0 fully saturated rings. The lowest BCUT2D eigenvalue weighted by Crippen LogP contribution is -2.25. The Morgan fingerprint density at radius 2 is 2.33 bits per heavy atom. The van der Waals surface area contributed by atoms with Crippen LogP contribution in [-0.4, -0.2) is 17.9 Å². The summed E-state index contributed by atoms with van der Waals surface area (Å²) < 4.78 is 0.945. The van der Waals surface area contributed by atoms with Gasteiger partial charge in [0.05, 0.1) is 10.6 Å². The number of pyridine rings is 1. The molecule has 2 rings (SSSR count). The SMILES string of the molecule is CN(C(=O)c1ccc(C#N)nc1)c1cc(Br)cs1. The first-order valence-electron chi connectivity index (χ1n) is 5.00. The van der Waals surface area contributed by atoms with E-state index in [1.165, 1.54) is 23.6 Å². The minimum Gasteiger partial charge on any atom is -0.303 e. The molecule has 18 heavy (non-hydrogen) atoms. The monoisotopic (exact) mass is 321 g/mol. The first kappa shape index (κ1) is 12.7. The van der Waals surface area contributed by atoms with Gasteiger partial charge in [0.25, 0.3) is 5.91 Å². The lowest BCUT2D eigenvalue weighted by Gasteiger charge is -2.14. The molecule has 0 radical (unpaired) electrons. The minimum absolute atomic E-state index is 0.152. The minimum atomic E-state index is -0.152. The Hall–Kier alpha value is -1.71. The molecule has 0 bridgehead atoms. The zero-order valence-corrected chi connectivity index (χ0v) is 11.8. The van der Waals surface area contributed by atoms with Gasteiger partial charge in [-0.05, 0) is 34.1 Å². The van der Waals surface area contributed by atoms with Crippen molar-refractivity contribution >= 4 is 38.2 Å². The normalized spacial score (nSPS) is 9.83. The van der Waals surface area contributed by atoms with Crippen molar-refractivity contribution < 1.29 is 4.79 Å². The Labute approximate surface area is 117 Å². The van der Waals surface area contributed by atoms with Crippen LogP contribution in [-0.2, 0) is 0 Å². The number of amides is 1. The number of nitriles is 1. The lowest BCUT2D eigenvalue weighted by molar-refractivity contribution is 0.0993. The number of carbonyl (C=O) groups excluding carboxylic acids is 1. The maximum Gasteiger partial charge on any atom is 0.260 e. The molecule has 4 nitrogen and oxygen atoms in total. The van der Waals surface area contributed by atoms with E-state index in [-0.39, 0.29) is 5.91 Å². The summed E-state index contributed by atoms with van der Waals surface area (Å²) in [6, 6.07) is 6.93. The highest BCUT2D eigenvalue weighted by molar-refractivity contribution is 9.10. The summed E-state index contributed by atoms with van der Waals surface area (Å²) in [7, 11) is 1.71. The summed E-state index contributed by atoms with van der Waals surface area (Å²) in [4.78, 5) is 17.6. The highest BCUT2D eigenvalue weighted by Crippen LogP contribution is 2.28. The highest BCUT2D eigenvalue weighted by Gasteiger charge is 2.15. The Morgan fingerprint density at radius 1 is 1.56 bits per heavy atom. The zero-order valence-electron chi connectivity index (χ0n) is 9.42. The average molecular weight is 322 g/mol. The van der Waals surface area contributed by atoms with Crippen molar-refractivity contribution in [2.45, 2.75) is 0 Å². The third kappa shape index (κ3) is 2.58. The van der Waals surface area contributed by atoms with Gasteiger partial charge in [-0.2, -0.15) is 5.26 Å². The summed E-state index contributed by atoms with van der Waals surface area (Å²) in [6.07, 6.45) is 1.42. The van der Waals surface area contributed by atoms with Crippen molar-refractivity contribution in [3.63, 3.8) is 0 Å². The van der Waals surface area contributed by atoms with Crippen molar-refractivity contribution in [1.82, 2.24) is 4.98 Å². The van der Waals surface area contributed by atoms with E-state index in [0.29, 0.717) is 11.3 Å². The Kier molecular flexibility index (Phi) is 3.75. The average Bonchev–Trinajstić information content (AvgIpc) is 2.84. The second-order valence-corrected chi connectivity index (χ2v) is 5.32. The van der Waals surface area contributed by atoms with Gasteiger partial charge >= 0.3 is 0 Å². The standard InChI is InChI=1S/C12H8BrN3OS/c1-16(11-4-9(13)7-18-11)12(17)8-2-3-10(5-14)15-6-8/h2-4,6-7H,1H3. The molecule has 0 saturated heterocycles. The van der Waals surface area contributed by atoms with Crippen molar-refractivity contribution in [3.8, 4) is 6.07 Å². The first-order chi connectivity index (χ1) is 8.61. The van der Waals surface area contributed by atoms with Crippen molar-refractivity contribution in [1.29, 1.82) is 5.26 Å². The van der Waals surface area contributed by atoms with Crippen molar-refractivity contribution in [3.05, 3.63) is 45.5 Å². The van der Waals surface area contributed by atoms with Crippen LogP contribution in [0.4, 0.5) is 5.00 Å². The van der Waals surface area contributed by atoms with Crippen LogP contribution in [0.3, 0.4) is 0 Å². The smallest absolute Gasteiger partial charge is 0.260 e. The summed E-state index contributed by atoms with van der Waals surface area (Å²) in [5, 5.41) is 11.4. The van der Waals surface area contributed by atoms with E-state index < -0.39 is 0 Å². The van der Waals surface area contributed by atoms with Crippen LogP contribution in [0.1, 0.15) is 16.1 Å². The molecular formula is C12H8BrN3OS. The van der Waals surface area contributed by atoms with E-state index in [0.717, 1.165) is 9.47 Å². The topological polar surface area (TPSA) is 57.0 Å².